The molecule has 22 heavy (non-hydrogen) atoms. The molecule has 0 radical (unpaired) electrons. The van der Waals surface area contributed by atoms with E-state index >= 15 is 0 Å². The van der Waals surface area contributed by atoms with Crippen molar-refractivity contribution in [1.82, 2.24) is 9.97 Å². The lowest BCUT2D eigenvalue weighted by molar-refractivity contribution is -0.138. The Hall–Kier alpha value is -2.81. The van der Waals surface area contributed by atoms with Crippen LogP contribution in [0.3, 0.4) is 0 Å². The first-order valence-corrected chi connectivity index (χ1v) is 5.81. The molecule has 2 aromatic rings. The Labute approximate surface area is 130 Å². The van der Waals surface area contributed by atoms with E-state index in [0.29, 0.717) is 5.52 Å². The molecule has 10 heteroatoms. The summed E-state index contributed by atoms with van der Waals surface area (Å²) >= 11 is 0. The molecular weight excluding hydrogens is 314 g/mol. The van der Waals surface area contributed by atoms with Gasteiger partial charge in [-0.1, -0.05) is 0 Å². The number of benzene rings is 1. The topological polar surface area (TPSA) is 157 Å². The highest BCUT2D eigenvalue weighted by molar-refractivity contribution is 5.87. The molecule has 6 N–H and O–H groups in total. The number of nitrogens with zero attached hydrogens (tertiary/aromatic N) is 2. The summed E-state index contributed by atoms with van der Waals surface area (Å²) in [6.45, 7) is 0. The largest absolute Gasteiger partial charge is 0.496 e. The van der Waals surface area contributed by atoms with Gasteiger partial charge in [0, 0.05) is 11.6 Å². The van der Waals surface area contributed by atoms with Crippen LogP contribution in [0.5, 0.6) is 5.75 Å². The molecule has 1 unspecified atom stereocenters. The molecule has 0 aliphatic rings. The molecule has 1 atom stereocenters. The van der Waals surface area contributed by atoms with Gasteiger partial charge in [0.05, 0.1) is 24.3 Å². The second-order valence-electron chi connectivity index (χ2n) is 4.14. The Bertz CT molecular complexity index is 785. The molecule has 9 nitrogen and oxygen atoms in total. The fourth-order valence-electron chi connectivity index (χ4n) is 1.91. The van der Waals surface area contributed by atoms with E-state index in [-0.39, 0.29) is 35.1 Å². The summed E-state index contributed by atoms with van der Waals surface area (Å²) in [6, 6.07) is 1.43. The summed E-state index contributed by atoms with van der Waals surface area (Å²) in [5, 5.41) is 9.47. The molecule has 0 bridgehead atoms. The lowest BCUT2D eigenvalue weighted by Crippen LogP contribution is -2.26. The van der Waals surface area contributed by atoms with Crippen molar-refractivity contribution >= 4 is 35.2 Å². The van der Waals surface area contributed by atoms with Crippen molar-refractivity contribution in [2.45, 2.75) is 6.04 Å². The maximum Gasteiger partial charge on any atom is 0.333 e. The van der Waals surface area contributed by atoms with E-state index in [0.717, 1.165) is 0 Å². The van der Waals surface area contributed by atoms with Crippen molar-refractivity contribution in [3.05, 3.63) is 34.4 Å². The number of carboxylic acids is 1. The second-order valence-corrected chi connectivity index (χ2v) is 4.14. The molecule has 1 aromatic heterocycles. The van der Waals surface area contributed by atoms with Gasteiger partial charge in [0.15, 0.2) is 12.0 Å². The fraction of sp³-hybridized carbons (Fsp3) is 0.167. The van der Waals surface area contributed by atoms with Gasteiger partial charge in [-0.25, -0.2) is 14.8 Å². The predicted octanol–water partition coefficient (Wildman–Crippen LogP) is -0.247. The summed E-state index contributed by atoms with van der Waals surface area (Å²) in [5.74, 6) is -1.44. The molecule has 0 spiro atoms. The van der Waals surface area contributed by atoms with Gasteiger partial charge >= 0.3 is 5.97 Å². The first-order valence-electron chi connectivity index (χ1n) is 5.81. The fourth-order valence-corrected chi connectivity index (χ4v) is 1.91. The molecule has 1 aromatic carbocycles. The predicted molar refractivity (Wildman–Crippen MR) is 82.4 cm³/mol. The zero-order chi connectivity index (χ0) is 15.6. The molecule has 0 saturated carbocycles. The Morgan fingerprint density at radius 3 is 2.68 bits per heavy atom. The Kier molecular flexibility index (Phi) is 5.30. The molecule has 0 aliphatic heterocycles. The molecule has 118 valence electrons. The van der Waals surface area contributed by atoms with Gasteiger partial charge in [0.2, 0.25) is 0 Å². The quantitative estimate of drug-likeness (QED) is 0.445. The number of hydrogen-bond donors (Lipinski definition) is 4. The number of halogens is 1. The molecule has 0 saturated heterocycles. The third-order valence-electron chi connectivity index (χ3n) is 2.80. The first kappa shape index (κ1) is 17.2. The minimum absolute atomic E-state index is 0. The number of fused-ring (bicyclic) bond motifs is 1. The van der Waals surface area contributed by atoms with Gasteiger partial charge < -0.3 is 26.3 Å². The Balaban J connectivity index is 0.00000242. The highest BCUT2D eigenvalue weighted by Gasteiger charge is 2.24. The zero-order valence-corrected chi connectivity index (χ0v) is 12.3. The lowest BCUT2D eigenvalue weighted by Gasteiger charge is -2.13. The molecule has 0 fully saturated rings. The van der Waals surface area contributed by atoms with E-state index in [1.54, 1.807) is 0 Å². The number of aliphatic imine (C=N–C) groups is 1. The van der Waals surface area contributed by atoms with Crippen LogP contribution in [0.25, 0.3) is 10.9 Å². The summed E-state index contributed by atoms with van der Waals surface area (Å²) in [6.07, 6.45) is 1.24. The van der Waals surface area contributed by atoms with E-state index in [4.69, 9.17) is 16.2 Å². The number of nitrogens with two attached hydrogens (primary N) is 2. The molecule has 2 rings (SSSR count). The van der Waals surface area contributed by atoms with Crippen LogP contribution in [0.15, 0.2) is 28.2 Å². The smallest absolute Gasteiger partial charge is 0.333 e. The average molecular weight is 328 g/mol. The number of methoxy groups -OCH3 is 1. The number of H-pyrrole nitrogens is 1. The number of guanidine groups is 1. The zero-order valence-electron chi connectivity index (χ0n) is 11.4. The number of aliphatic carboxylic acids is 1. The monoisotopic (exact) mass is 327 g/mol. The number of nitrogens with one attached hydrogen (secondary N) is 1. The number of ether oxygens (including phenoxy) is 1. The number of rotatable bonds is 4. The van der Waals surface area contributed by atoms with Crippen LogP contribution < -0.4 is 21.8 Å². The van der Waals surface area contributed by atoms with Crippen LogP contribution in [0.1, 0.15) is 11.6 Å². The van der Waals surface area contributed by atoms with Crippen molar-refractivity contribution in [1.29, 1.82) is 0 Å². The van der Waals surface area contributed by atoms with Gasteiger partial charge in [-0.2, -0.15) is 0 Å². The van der Waals surface area contributed by atoms with Gasteiger partial charge in [0.25, 0.3) is 5.56 Å². The standard InChI is InChI=1S/C12H13N5O4.ClH/c1-21-8-3-7-5(10(18)16-4-15-7)2-6(8)9(11(19)20)17-12(13)14;/h2-4,9H,1H3,(H,19,20)(H4,13,14,17)(H,15,16,18);1H. The van der Waals surface area contributed by atoms with E-state index < -0.39 is 17.6 Å². The van der Waals surface area contributed by atoms with Gasteiger partial charge in [0.1, 0.15) is 5.75 Å². The third kappa shape index (κ3) is 3.26. The van der Waals surface area contributed by atoms with Crippen LogP contribution in [-0.4, -0.2) is 34.1 Å². The van der Waals surface area contributed by atoms with Crippen LogP contribution in [0.4, 0.5) is 0 Å². The minimum Gasteiger partial charge on any atom is -0.496 e. The SMILES string of the molecule is COc1cc2nc[nH]c(=O)c2cc1C(N=C(N)N)C(=O)O.Cl. The second kappa shape index (κ2) is 6.76. The maximum absolute atomic E-state index is 11.8. The minimum atomic E-state index is -1.38. The van der Waals surface area contributed by atoms with Crippen LogP contribution in [0.2, 0.25) is 0 Å². The molecule has 0 aliphatic carbocycles. The Morgan fingerprint density at radius 1 is 1.45 bits per heavy atom. The Morgan fingerprint density at radius 2 is 2.14 bits per heavy atom. The summed E-state index contributed by atoms with van der Waals surface area (Å²) in [4.78, 5) is 33.2. The van der Waals surface area contributed by atoms with Crippen LogP contribution in [-0.2, 0) is 4.79 Å². The van der Waals surface area contributed by atoms with Crippen molar-refractivity contribution in [3.63, 3.8) is 0 Å². The highest BCUT2D eigenvalue weighted by Crippen LogP contribution is 2.30. The lowest BCUT2D eigenvalue weighted by atomic mass is 10.0. The molecule has 1 heterocycles. The van der Waals surface area contributed by atoms with E-state index in [1.165, 1.54) is 25.6 Å². The van der Waals surface area contributed by atoms with Gasteiger partial charge in [-0.05, 0) is 6.07 Å². The van der Waals surface area contributed by atoms with Crippen LogP contribution >= 0.6 is 12.4 Å². The number of carbonyl (C=O) groups is 1. The number of carboxylic acid groups (broad SMARTS) is 1. The molecule has 0 amide bonds. The van der Waals surface area contributed by atoms with E-state index in [9.17, 15) is 14.7 Å². The van der Waals surface area contributed by atoms with Crippen molar-refractivity contribution in [3.8, 4) is 5.75 Å². The molecular formula is C12H14ClN5O4. The normalized spacial score (nSPS) is 11.3. The number of hydrogen-bond acceptors (Lipinski definition) is 5. The van der Waals surface area contributed by atoms with E-state index in [1.807, 2.05) is 0 Å². The average Bonchev–Trinajstić information content (AvgIpc) is 2.43. The number of aromatic nitrogens is 2. The summed E-state index contributed by atoms with van der Waals surface area (Å²) < 4.78 is 5.14. The van der Waals surface area contributed by atoms with Gasteiger partial charge in [-0.3, -0.25) is 4.79 Å². The van der Waals surface area contributed by atoms with Crippen LogP contribution in [0, 0.1) is 0 Å². The van der Waals surface area contributed by atoms with Gasteiger partial charge in [-0.15, -0.1) is 12.4 Å². The first-order chi connectivity index (χ1) is 9.93. The summed E-state index contributed by atoms with van der Waals surface area (Å²) in [5.41, 5.74) is 10.6. The maximum atomic E-state index is 11.8. The van der Waals surface area contributed by atoms with Crippen molar-refractivity contribution in [2.24, 2.45) is 16.5 Å². The van der Waals surface area contributed by atoms with Crippen molar-refractivity contribution < 1.29 is 14.6 Å². The number of aromatic amines is 1. The van der Waals surface area contributed by atoms with Crippen molar-refractivity contribution in [2.75, 3.05) is 7.11 Å². The highest BCUT2D eigenvalue weighted by atomic mass is 35.5. The van der Waals surface area contributed by atoms with E-state index in [2.05, 4.69) is 15.0 Å². The summed E-state index contributed by atoms with van der Waals surface area (Å²) in [7, 11) is 1.37. The third-order valence-corrected chi connectivity index (χ3v) is 2.80.